The summed E-state index contributed by atoms with van der Waals surface area (Å²) in [6, 6.07) is 0. The molecule has 0 saturated carbocycles. The fraction of sp³-hybridized carbons (Fsp3) is 0.143. The molecule has 78 valence electrons. The molecule has 0 amide bonds. The molecule has 1 nitrogen and oxygen atoms in total. The van der Waals surface area contributed by atoms with E-state index in [0.29, 0.717) is 4.91 Å². The van der Waals surface area contributed by atoms with Crippen LogP contribution in [0.1, 0.15) is 6.92 Å². The van der Waals surface area contributed by atoms with Gasteiger partial charge in [-0.05, 0) is 42.6 Å². The Bertz CT molecular complexity index is 549. The maximum absolute atomic E-state index is 11.2. The lowest BCUT2D eigenvalue weighted by atomic mass is 10.4. The van der Waals surface area contributed by atoms with Gasteiger partial charge in [0.25, 0.3) is 0 Å². The van der Waals surface area contributed by atoms with E-state index < -0.39 is 10.8 Å². The average molecular weight is 226 g/mol. The van der Waals surface area contributed by atoms with Crippen molar-refractivity contribution in [3.8, 4) is 47.4 Å². The van der Waals surface area contributed by atoms with E-state index in [9.17, 15) is 4.21 Å². The summed E-state index contributed by atoms with van der Waals surface area (Å²) in [5, 5.41) is 0. The quantitative estimate of drug-likeness (QED) is 0.619. The Balaban J connectivity index is 4.93. The van der Waals surface area contributed by atoms with Crippen LogP contribution in [0.4, 0.5) is 0 Å². The summed E-state index contributed by atoms with van der Waals surface area (Å²) in [5.74, 6) is 20.8. The highest BCUT2D eigenvalue weighted by Crippen LogP contribution is 1.95. The lowest BCUT2D eigenvalue weighted by Gasteiger charge is -1.87. The van der Waals surface area contributed by atoms with Crippen molar-refractivity contribution < 1.29 is 4.21 Å². The summed E-state index contributed by atoms with van der Waals surface area (Å²) >= 11 is 0. The molecule has 0 rings (SSSR count). The summed E-state index contributed by atoms with van der Waals surface area (Å²) in [6.07, 6.45) is 4.47. The second-order valence-electron chi connectivity index (χ2n) is 2.33. The Morgan fingerprint density at radius 1 is 1.19 bits per heavy atom. The Labute approximate surface area is 99.5 Å². The third kappa shape index (κ3) is 7.29. The normalized spacial score (nSPS) is 9.75. The monoisotopic (exact) mass is 226 g/mol. The highest BCUT2D eigenvalue weighted by Gasteiger charge is 1.94. The first-order valence-electron chi connectivity index (χ1n) is 4.30. The van der Waals surface area contributed by atoms with Crippen molar-refractivity contribution in [3.05, 3.63) is 23.6 Å². The number of hydrogen-bond donors (Lipinski definition) is 0. The molecule has 1 atom stereocenters. The minimum atomic E-state index is -1.17. The van der Waals surface area contributed by atoms with Crippen molar-refractivity contribution >= 4 is 10.8 Å². The summed E-state index contributed by atoms with van der Waals surface area (Å²) in [6.45, 7) is 5.13. The predicted octanol–water partition coefficient (Wildman–Crippen LogP) is 1.47. The zero-order valence-corrected chi connectivity index (χ0v) is 9.99. The number of rotatable bonds is 1. The number of allylic oxidation sites excluding steroid dienone is 3. The SMILES string of the molecule is C=CC#CC#C/C(=C/C#CC#CC)[S@@](C)=O. The largest absolute Gasteiger partial charge is 0.254 e. The van der Waals surface area contributed by atoms with Crippen LogP contribution < -0.4 is 0 Å². The second-order valence-corrected chi connectivity index (χ2v) is 3.68. The van der Waals surface area contributed by atoms with Crippen molar-refractivity contribution in [2.45, 2.75) is 6.92 Å². The maximum atomic E-state index is 11.2. The molecule has 0 aliphatic carbocycles. The summed E-state index contributed by atoms with van der Waals surface area (Å²) in [5.41, 5.74) is 0. The van der Waals surface area contributed by atoms with Gasteiger partial charge < -0.3 is 0 Å². The molecule has 2 heteroatoms. The average Bonchev–Trinajstić information content (AvgIpc) is 2.26. The Morgan fingerprint density at radius 3 is 2.44 bits per heavy atom. The van der Waals surface area contributed by atoms with Crippen LogP contribution in [0.25, 0.3) is 0 Å². The molecule has 0 spiro atoms. The van der Waals surface area contributed by atoms with Gasteiger partial charge in [0.2, 0.25) is 0 Å². The molecule has 0 heterocycles. The number of hydrogen-bond acceptors (Lipinski definition) is 1. The predicted molar refractivity (Wildman–Crippen MR) is 69.1 cm³/mol. The van der Waals surface area contributed by atoms with E-state index in [2.05, 4.69) is 53.9 Å². The van der Waals surface area contributed by atoms with Gasteiger partial charge >= 0.3 is 0 Å². The standard InChI is InChI=1S/C14H10OS/c1-4-6-8-10-12-14(16(3)15)13-11-9-7-5-2/h4,13H,1H2,2-3H3/b14-13-/t16-/m1/s1. The van der Waals surface area contributed by atoms with Crippen LogP contribution in [-0.2, 0) is 10.8 Å². The van der Waals surface area contributed by atoms with Crippen LogP contribution in [-0.4, -0.2) is 10.5 Å². The van der Waals surface area contributed by atoms with Gasteiger partial charge in [0.1, 0.15) is 0 Å². The molecule has 0 unspecified atom stereocenters. The van der Waals surface area contributed by atoms with Crippen LogP contribution in [0.5, 0.6) is 0 Å². The van der Waals surface area contributed by atoms with Crippen molar-refractivity contribution in [1.29, 1.82) is 0 Å². The molecule has 16 heavy (non-hydrogen) atoms. The van der Waals surface area contributed by atoms with Gasteiger partial charge in [0.05, 0.1) is 15.7 Å². The fourth-order valence-corrected chi connectivity index (χ4v) is 0.991. The Morgan fingerprint density at radius 2 is 1.88 bits per heavy atom. The third-order valence-corrected chi connectivity index (χ3v) is 2.03. The summed E-state index contributed by atoms with van der Waals surface area (Å²) in [4.78, 5) is 0.434. The highest BCUT2D eigenvalue weighted by molar-refractivity contribution is 7.88. The first-order valence-corrected chi connectivity index (χ1v) is 5.86. The zero-order chi connectivity index (χ0) is 12.2. The third-order valence-electron chi connectivity index (χ3n) is 1.20. The molecular formula is C14H10OS. The minimum Gasteiger partial charge on any atom is -0.254 e. The molecule has 0 aromatic carbocycles. The van der Waals surface area contributed by atoms with E-state index >= 15 is 0 Å². The van der Waals surface area contributed by atoms with Crippen molar-refractivity contribution in [1.82, 2.24) is 0 Å². The minimum absolute atomic E-state index is 0.434. The summed E-state index contributed by atoms with van der Waals surface area (Å²) in [7, 11) is -1.17. The van der Waals surface area contributed by atoms with Crippen LogP contribution in [0, 0.1) is 47.4 Å². The Hall–Kier alpha value is -2.13. The van der Waals surface area contributed by atoms with E-state index in [1.807, 2.05) is 0 Å². The molecule has 0 N–H and O–H groups in total. The smallest absolute Gasteiger partial charge is 0.0977 e. The first-order chi connectivity index (χ1) is 7.72. The van der Waals surface area contributed by atoms with Crippen molar-refractivity contribution in [3.63, 3.8) is 0 Å². The zero-order valence-electron chi connectivity index (χ0n) is 9.18. The van der Waals surface area contributed by atoms with E-state index in [0.717, 1.165) is 0 Å². The van der Waals surface area contributed by atoms with Crippen molar-refractivity contribution in [2.75, 3.05) is 6.26 Å². The van der Waals surface area contributed by atoms with Gasteiger partial charge in [-0.25, -0.2) is 0 Å². The van der Waals surface area contributed by atoms with Gasteiger partial charge in [-0.3, -0.25) is 4.21 Å². The maximum Gasteiger partial charge on any atom is 0.0977 e. The molecule has 0 aliphatic rings. The Kier molecular flexibility index (Phi) is 8.17. The molecule has 0 saturated heterocycles. The van der Waals surface area contributed by atoms with Gasteiger partial charge in [-0.1, -0.05) is 24.3 Å². The van der Waals surface area contributed by atoms with Crippen LogP contribution >= 0.6 is 0 Å². The topological polar surface area (TPSA) is 17.1 Å². The van der Waals surface area contributed by atoms with Gasteiger partial charge in [0.15, 0.2) is 0 Å². The molecule has 0 bridgehead atoms. The highest BCUT2D eigenvalue weighted by atomic mass is 32.2. The molecule has 0 fully saturated rings. The lowest BCUT2D eigenvalue weighted by molar-refractivity contribution is 0.691. The molecule has 0 aromatic heterocycles. The molecular weight excluding hydrogens is 216 g/mol. The van der Waals surface area contributed by atoms with Gasteiger partial charge in [0, 0.05) is 12.3 Å². The van der Waals surface area contributed by atoms with Gasteiger partial charge in [-0.15, -0.1) is 0 Å². The first kappa shape index (κ1) is 13.9. The van der Waals surface area contributed by atoms with Crippen molar-refractivity contribution in [2.24, 2.45) is 0 Å². The van der Waals surface area contributed by atoms with E-state index in [1.165, 1.54) is 18.4 Å². The van der Waals surface area contributed by atoms with Crippen LogP contribution in [0.2, 0.25) is 0 Å². The van der Waals surface area contributed by atoms with E-state index in [-0.39, 0.29) is 0 Å². The fourth-order valence-electron chi connectivity index (χ4n) is 0.571. The van der Waals surface area contributed by atoms with Crippen LogP contribution in [0.15, 0.2) is 23.6 Å². The molecule has 0 aromatic rings. The van der Waals surface area contributed by atoms with E-state index in [4.69, 9.17) is 0 Å². The molecule has 0 radical (unpaired) electrons. The second kappa shape index (κ2) is 9.43. The van der Waals surface area contributed by atoms with E-state index in [1.54, 1.807) is 6.92 Å². The summed E-state index contributed by atoms with van der Waals surface area (Å²) < 4.78 is 11.2. The van der Waals surface area contributed by atoms with Crippen LogP contribution in [0.3, 0.4) is 0 Å². The molecule has 0 aliphatic heterocycles. The lowest BCUT2D eigenvalue weighted by Crippen LogP contribution is -1.87. The van der Waals surface area contributed by atoms with Gasteiger partial charge in [-0.2, -0.15) is 0 Å².